The van der Waals surface area contributed by atoms with Crippen molar-refractivity contribution in [2.24, 2.45) is 17.8 Å². The number of hydrogen-bond acceptors (Lipinski definition) is 9. The van der Waals surface area contributed by atoms with Crippen LogP contribution in [0.3, 0.4) is 0 Å². The van der Waals surface area contributed by atoms with Gasteiger partial charge in [-0.1, -0.05) is 59.4 Å². The van der Waals surface area contributed by atoms with Crippen LogP contribution in [0.2, 0.25) is 0 Å². The van der Waals surface area contributed by atoms with E-state index in [4.69, 9.17) is 24.2 Å². The fourth-order valence-corrected chi connectivity index (χ4v) is 8.04. The molecule has 4 N–H and O–H groups in total. The van der Waals surface area contributed by atoms with Gasteiger partial charge in [0, 0.05) is 31.1 Å². The van der Waals surface area contributed by atoms with Crippen LogP contribution in [0.15, 0.2) is 60.8 Å². The maximum absolute atomic E-state index is 13.9. The normalized spacial score (nSPS) is 18.4. The van der Waals surface area contributed by atoms with Crippen LogP contribution in [0.1, 0.15) is 91.6 Å². The summed E-state index contributed by atoms with van der Waals surface area (Å²) in [6.45, 7) is 23.4. The Labute approximate surface area is 340 Å². The molecule has 308 valence electrons. The van der Waals surface area contributed by atoms with E-state index in [0.717, 1.165) is 61.1 Å². The second kappa shape index (κ2) is 15.8. The van der Waals surface area contributed by atoms with Gasteiger partial charge in [-0.2, -0.15) is 0 Å². The van der Waals surface area contributed by atoms with Crippen LogP contribution >= 0.6 is 0 Å². The van der Waals surface area contributed by atoms with E-state index in [0.29, 0.717) is 31.3 Å². The molecule has 2 amide bonds. The predicted octanol–water partition coefficient (Wildman–Crippen LogP) is 8.23. The van der Waals surface area contributed by atoms with Crippen LogP contribution in [0.4, 0.5) is 4.79 Å². The van der Waals surface area contributed by atoms with Gasteiger partial charge < -0.3 is 34.2 Å². The number of imidazole rings is 2. The van der Waals surface area contributed by atoms with Gasteiger partial charge >= 0.3 is 6.09 Å². The minimum Gasteiger partial charge on any atom is -0.488 e. The number of rotatable bonds is 11. The van der Waals surface area contributed by atoms with Crippen LogP contribution in [0, 0.1) is 17.8 Å². The van der Waals surface area contributed by atoms with Crippen molar-refractivity contribution >= 4 is 33.8 Å². The summed E-state index contributed by atoms with van der Waals surface area (Å²) in [5, 5.41) is 15.0. The highest BCUT2D eigenvalue weighted by molar-refractivity contribution is 6.07. The lowest BCUT2D eigenvalue weighted by Gasteiger charge is -2.35. The van der Waals surface area contributed by atoms with Crippen molar-refractivity contribution in [3.8, 4) is 28.1 Å². The van der Waals surface area contributed by atoms with Gasteiger partial charge in [-0.15, -0.1) is 0 Å². The molecule has 7 rings (SSSR count). The lowest BCUT2D eigenvalue weighted by Crippen LogP contribution is -2.54. The number of carbonyl (C=O) groups is 2. The summed E-state index contributed by atoms with van der Waals surface area (Å²) in [6.07, 6.45) is 0.171. The second-order valence-electron chi connectivity index (χ2n) is 17.5. The topological polar surface area (TPSA) is 158 Å². The van der Waals surface area contributed by atoms with Crippen molar-refractivity contribution in [2.75, 3.05) is 20.2 Å². The standard InChI is InChI=1S/C45H57N7O6/c1-23(2)20-51(42(53)37(24(3)4)50-43(54)56-11)27(7)40-46-19-35(48-40)29-12-14-31-30(16-29)22-57-36-18-32-28(17-33(31)36)13-15-34-38(32)49-41(47-34)39-26(6)25(5)21-52(39)44(55)58-45(8,9)10/h12-19,23-25,27,37,39,43,50,54H,6,20-22H2,1-5,7-11H3,(H,46,48)(H,47,49). The Morgan fingerprint density at radius 2 is 1.84 bits per heavy atom. The highest BCUT2D eigenvalue weighted by atomic mass is 16.6. The van der Waals surface area contributed by atoms with Crippen LogP contribution < -0.4 is 10.1 Å². The summed E-state index contributed by atoms with van der Waals surface area (Å²) in [4.78, 5) is 47.6. The first kappa shape index (κ1) is 40.9. The van der Waals surface area contributed by atoms with Gasteiger partial charge in [-0.05, 0) is 97.4 Å². The Balaban J connectivity index is 1.15. The first-order valence-corrected chi connectivity index (χ1v) is 20.2. The fraction of sp³-hybridized carbons (Fsp3) is 0.467. The number of aliphatic hydroxyl groups excluding tert-OH is 1. The van der Waals surface area contributed by atoms with E-state index in [1.807, 2.05) is 52.5 Å². The van der Waals surface area contributed by atoms with Gasteiger partial charge in [0.2, 0.25) is 12.3 Å². The molecule has 5 atom stereocenters. The zero-order chi connectivity index (χ0) is 41.8. The molecular weight excluding hydrogens is 735 g/mol. The SMILES string of the molecule is C=C1C(C)CN(C(=O)OC(C)(C)C)C1c1nc2c(ccc3cc4c(cc32)OCc2cc(-c3cnc(C(C)N(CC(C)C)C(=O)C(NC(O)OC)C(C)C)[nH]3)ccc2-4)[nH]1. The molecule has 2 aliphatic heterocycles. The van der Waals surface area contributed by atoms with Crippen LogP contribution in [0.25, 0.3) is 44.2 Å². The smallest absolute Gasteiger partial charge is 0.411 e. The average Bonchev–Trinajstić information content (AvgIpc) is 3.91. The molecule has 0 aliphatic carbocycles. The largest absolute Gasteiger partial charge is 0.488 e. The summed E-state index contributed by atoms with van der Waals surface area (Å²) < 4.78 is 17.2. The van der Waals surface area contributed by atoms with Gasteiger partial charge in [0.15, 0.2) is 0 Å². The molecule has 1 saturated heterocycles. The summed E-state index contributed by atoms with van der Waals surface area (Å²) in [7, 11) is 1.39. The molecule has 4 heterocycles. The van der Waals surface area contributed by atoms with Crippen molar-refractivity contribution in [1.29, 1.82) is 0 Å². The van der Waals surface area contributed by atoms with E-state index in [2.05, 4.69) is 79.0 Å². The molecule has 3 aromatic carbocycles. The third-order valence-electron chi connectivity index (χ3n) is 11.1. The number of nitrogens with one attached hydrogen (secondary N) is 3. The Morgan fingerprint density at radius 3 is 2.53 bits per heavy atom. The number of hydrogen-bond donors (Lipinski definition) is 4. The number of carbonyl (C=O) groups excluding carboxylic acids is 2. The van der Waals surface area contributed by atoms with E-state index < -0.39 is 24.1 Å². The van der Waals surface area contributed by atoms with Crippen LogP contribution in [0.5, 0.6) is 5.75 Å². The van der Waals surface area contributed by atoms with Gasteiger partial charge in [-0.25, -0.2) is 14.8 Å². The Bertz CT molecular complexity index is 2360. The molecule has 5 unspecified atom stereocenters. The maximum Gasteiger partial charge on any atom is 0.411 e. The van der Waals surface area contributed by atoms with Crippen molar-refractivity contribution < 1.29 is 28.9 Å². The summed E-state index contributed by atoms with van der Waals surface area (Å²) in [5.41, 5.74) is 6.90. The van der Waals surface area contributed by atoms with Gasteiger partial charge in [0.1, 0.15) is 35.6 Å². The number of methoxy groups -OCH3 is 1. The van der Waals surface area contributed by atoms with Gasteiger partial charge in [-0.3, -0.25) is 15.0 Å². The highest BCUT2D eigenvalue weighted by Gasteiger charge is 2.41. The molecule has 0 saturated carbocycles. The Morgan fingerprint density at radius 1 is 1.09 bits per heavy atom. The Hall–Kier alpha value is -5.24. The number of aliphatic hydroxyl groups is 1. The molecule has 0 bridgehead atoms. The quantitative estimate of drug-likeness (QED) is 0.0764. The monoisotopic (exact) mass is 791 g/mol. The summed E-state index contributed by atoms with van der Waals surface area (Å²) in [5.74, 6) is 2.20. The first-order chi connectivity index (χ1) is 27.4. The second-order valence-corrected chi connectivity index (χ2v) is 17.5. The molecule has 13 nitrogen and oxygen atoms in total. The van der Waals surface area contributed by atoms with Crippen molar-refractivity contribution in [3.05, 3.63) is 78.0 Å². The number of aromatic nitrogens is 4. The molecule has 58 heavy (non-hydrogen) atoms. The summed E-state index contributed by atoms with van der Waals surface area (Å²) >= 11 is 0. The molecule has 5 aromatic rings. The zero-order valence-electron chi connectivity index (χ0n) is 35.3. The molecule has 1 fully saturated rings. The van der Waals surface area contributed by atoms with E-state index >= 15 is 0 Å². The van der Waals surface area contributed by atoms with E-state index in [9.17, 15) is 14.7 Å². The zero-order valence-corrected chi connectivity index (χ0v) is 35.3. The van der Waals surface area contributed by atoms with Crippen LogP contribution in [-0.4, -0.2) is 85.1 Å². The predicted molar refractivity (Wildman–Crippen MR) is 225 cm³/mol. The molecule has 13 heteroatoms. The molecule has 0 radical (unpaired) electrons. The fourth-order valence-electron chi connectivity index (χ4n) is 8.04. The number of likely N-dealkylation sites (tertiary alicyclic amines) is 1. The number of fused-ring (bicyclic) bond motifs is 6. The average molecular weight is 792 g/mol. The lowest BCUT2D eigenvalue weighted by atomic mass is 9.92. The molecular formula is C45H57N7O6. The molecule has 0 spiro atoms. The Kier molecular flexibility index (Phi) is 11.2. The minimum absolute atomic E-state index is 0.0865. The first-order valence-electron chi connectivity index (χ1n) is 20.2. The summed E-state index contributed by atoms with van der Waals surface area (Å²) in [6, 6.07) is 13.2. The molecule has 2 aromatic heterocycles. The lowest BCUT2D eigenvalue weighted by molar-refractivity contribution is -0.146. The number of amides is 2. The van der Waals surface area contributed by atoms with Gasteiger partial charge in [0.25, 0.3) is 0 Å². The van der Waals surface area contributed by atoms with Crippen molar-refractivity contribution in [2.45, 2.75) is 99.1 Å². The van der Waals surface area contributed by atoms with Crippen molar-refractivity contribution in [3.63, 3.8) is 0 Å². The third-order valence-corrected chi connectivity index (χ3v) is 11.1. The highest BCUT2D eigenvalue weighted by Crippen LogP contribution is 2.44. The van der Waals surface area contributed by atoms with E-state index in [-0.39, 0.29) is 35.8 Å². The number of ether oxygens (including phenoxy) is 3. The minimum atomic E-state index is -1.26. The maximum atomic E-state index is 13.9. The third kappa shape index (κ3) is 7.95. The van der Waals surface area contributed by atoms with Crippen molar-refractivity contribution in [1.82, 2.24) is 35.1 Å². The van der Waals surface area contributed by atoms with E-state index in [1.54, 1.807) is 11.1 Å². The number of aromatic amines is 2. The van der Waals surface area contributed by atoms with E-state index in [1.165, 1.54) is 7.11 Å². The molecule has 2 aliphatic rings. The number of nitrogens with zero attached hydrogens (tertiary/aromatic N) is 4. The van der Waals surface area contributed by atoms with Crippen LogP contribution in [-0.2, 0) is 20.9 Å². The number of benzene rings is 3. The number of H-pyrrole nitrogens is 2. The van der Waals surface area contributed by atoms with Gasteiger partial charge in [0.05, 0.1) is 35.0 Å².